The van der Waals surface area contributed by atoms with Gasteiger partial charge in [-0.15, -0.1) is 0 Å². The van der Waals surface area contributed by atoms with Gasteiger partial charge in [0.05, 0.1) is 19.3 Å². The van der Waals surface area contributed by atoms with Crippen molar-refractivity contribution in [2.45, 2.75) is 39.2 Å². The van der Waals surface area contributed by atoms with E-state index in [-0.39, 0.29) is 6.61 Å². The van der Waals surface area contributed by atoms with Gasteiger partial charge in [0, 0.05) is 24.3 Å². The zero-order valence-corrected chi connectivity index (χ0v) is 10.5. The van der Waals surface area contributed by atoms with Gasteiger partial charge < -0.3 is 10.1 Å². The molecule has 0 atom stereocenters. The van der Waals surface area contributed by atoms with Crippen molar-refractivity contribution in [2.75, 3.05) is 13.2 Å². The summed E-state index contributed by atoms with van der Waals surface area (Å²) in [6.07, 6.45) is -0.776. The molecule has 1 aromatic rings. The number of rotatable bonds is 7. The summed E-state index contributed by atoms with van der Waals surface area (Å²) in [5, 5.41) is 7.27. The van der Waals surface area contributed by atoms with Gasteiger partial charge in [-0.2, -0.15) is 18.3 Å². The van der Waals surface area contributed by atoms with Crippen LogP contribution in [-0.2, 0) is 17.8 Å². The first kappa shape index (κ1) is 15.0. The summed E-state index contributed by atoms with van der Waals surface area (Å²) in [6.45, 7) is 3.87. The van der Waals surface area contributed by atoms with E-state index in [9.17, 15) is 13.2 Å². The van der Waals surface area contributed by atoms with Crippen LogP contribution in [0.5, 0.6) is 0 Å². The number of aromatic nitrogens is 2. The van der Waals surface area contributed by atoms with E-state index in [0.29, 0.717) is 19.1 Å². The summed E-state index contributed by atoms with van der Waals surface area (Å²) in [5.41, 5.74) is 1.000. The van der Waals surface area contributed by atoms with E-state index in [1.54, 1.807) is 17.1 Å². The van der Waals surface area contributed by atoms with Crippen LogP contribution in [0, 0.1) is 0 Å². The predicted octanol–water partition coefficient (Wildman–Crippen LogP) is 1.96. The number of nitrogens with one attached hydrogen (secondary N) is 1. The second-order valence-corrected chi connectivity index (χ2v) is 4.32. The molecule has 0 radical (unpaired) electrons. The molecule has 4 nitrogen and oxygen atoms in total. The van der Waals surface area contributed by atoms with Crippen LogP contribution in [0.1, 0.15) is 19.4 Å². The molecule has 0 spiro atoms. The Morgan fingerprint density at radius 1 is 1.44 bits per heavy atom. The standard InChI is InChI=1S/C11H18F3N3O/c1-9(2)15-5-10-6-16-17(7-10)3-4-18-8-11(12,13)14/h6-7,9,15H,3-5,8H2,1-2H3. The lowest BCUT2D eigenvalue weighted by Gasteiger charge is -2.07. The first-order valence-corrected chi connectivity index (χ1v) is 5.76. The van der Waals surface area contributed by atoms with E-state index in [1.165, 1.54) is 0 Å². The third-order valence-corrected chi connectivity index (χ3v) is 2.13. The molecular formula is C11H18F3N3O. The van der Waals surface area contributed by atoms with Crippen molar-refractivity contribution in [3.05, 3.63) is 18.0 Å². The summed E-state index contributed by atoms with van der Waals surface area (Å²) in [7, 11) is 0. The number of nitrogens with zero attached hydrogens (tertiary/aromatic N) is 2. The Hall–Kier alpha value is -1.08. The van der Waals surface area contributed by atoms with Gasteiger partial charge in [-0.05, 0) is 0 Å². The molecule has 0 aliphatic rings. The third-order valence-electron chi connectivity index (χ3n) is 2.13. The van der Waals surface area contributed by atoms with E-state index in [4.69, 9.17) is 0 Å². The summed E-state index contributed by atoms with van der Waals surface area (Å²) in [6, 6.07) is 0.378. The van der Waals surface area contributed by atoms with Crippen LogP contribution in [-0.4, -0.2) is 35.2 Å². The SMILES string of the molecule is CC(C)NCc1cnn(CCOCC(F)(F)F)c1. The number of alkyl halides is 3. The van der Waals surface area contributed by atoms with Crippen molar-refractivity contribution >= 4 is 0 Å². The lowest BCUT2D eigenvalue weighted by molar-refractivity contribution is -0.174. The smallest absolute Gasteiger partial charge is 0.370 e. The largest absolute Gasteiger partial charge is 0.411 e. The van der Waals surface area contributed by atoms with Crippen LogP contribution in [0.25, 0.3) is 0 Å². The Balaban J connectivity index is 2.23. The van der Waals surface area contributed by atoms with Gasteiger partial charge in [-0.1, -0.05) is 13.8 Å². The molecule has 1 heterocycles. The average Bonchev–Trinajstić information content (AvgIpc) is 2.68. The van der Waals surface area contributed by atoms with Gasteiger partial charge in [-0.3, -0.25) is 4.68 Å². The summed E-state index contributed by atoms with van der Waals surface area (Å²) in [5.74, 6) is 0. The zero-order valence-electron chi connectivity index (χ0n) is 10.5. The van der Waals surface area contributed by atoms with Gasteiger partial charge in [-0.25, -0.2) is 0 Å². The Bertz CT molecular complexity index is 350. The second kappa shape index (κ2) is 6.75. The van der Waals surface area contributed by atoms with Crippen LogP contribution in [0.15, 0.2) is 12.4 Å². The second-order valence-electron chi connectivity index (χ2n) is 4.32. The number of ether oxygens (including phenoxy) is 1. The van der Waals surface area contributed by atoms with Crippen molar-refractivity contribution in [2.24, 2.45) is 0 Å². The molecule has 7 heteroatoms. The molecule has 104 valence electrons. The van der Waals surface area contributed by atoms with Crippen molar-refractivity contribution < 1.29 is 17.9 Å². The topological polar surface area (TPSA) is 39.1 Å². The molecule has 0 amide bonds. The molecule has 0 unspecified atom stereocenters. The first-order chi connectivity index (χ1) is 8.37. The highest BCUT2D eigenvalue weighted by molar-refractivity contribution is 5.03. The normalized spacial score (nSPS) is 12.3. The monoisotopic (exact) mass is 265 g/mol. The van der Waals surface area contributed by atoms with E-state index in [2.05, 4.69) is 15.2 Å². The molecule has 1 rings (SSSR count). The van der Waals surface area contributed by atoms with E-state index in [0.717, 1.165) is 5.56 Å². The minimum absolute atomic E-state index is 0.00175. The minimum Gasteiger partial charge on any atom is -0.370 e. The highest BCUT2D eigenvalue weighted by Crippen LogP contribution is 2.14. The van der Waals surface area contributed by atoms with Crippen molar-refractivity contribution in [1.82, 2.24) is 15.1 Å². The Morgan fingerprint density at radius 2 is 2.17 bits per heavy atom. The highest BCUT2D eigenvalue weighted by Gasteiger charge is 2.27. The zero-order chi connectivity index (χ0) is 13.6. The first-order valence-electron chi connectivity index (χ1n) is 5.76. The summed E-state index contributed by atoms with van der Waals surface area (Å²) >= 11 is 0. The van der Waals surface area contributed by atoms with Gasteiger partial charge >= 0.3 is 6.18 Å². The molecular weight excluding hydrogens is 247 g/mol. The highest BCUT2D eigenvalue weighted by atomic mass is 19.4. The van der Waals surface area contributed by atoms with Crippen molar-refractivity contribution in [3.63, 3.8) is 0 Å². The molecule has 1 N–H and O–H groups in total. The van der Waals surface area contributed by atoms with E-state index >= 15 is 0 Å². The van der Waals surface area contributed by atoms with Crippen LogP contribution < -0.4 is 5.32 Å². The fraction of sp³-hybridized carbons (Fsp3) is 0.727. The maximum atomic E-state index is 11.8. The fourth-order valence-electron chi connectivity index (χ4n) is 1.29. The lowest BCUT2D eigenvalue weighted by atomic mass is 10.3. The predicted molar refractivity (Wildman–Crippen MR) is 61.1 cm³/mol. The molecule has 1 aromatic heterocycles. The quantitative estimate of drug-likeness (QED) is 0.766. The van der Waals surface area contributed by atoms with Crippen molar-refractivity contribution in [1.29, 1.82) is 0 Å². The van der Waals surface area contributed by atoms with Gasteiger partial charge in [0.15, 0.2) is 0 Å². The lowest BCUT2D eigenvalue weighted by Crippen LogP contribution is -2.21. The van der Waals surface area contributed by atoms with Crippen LogP contribution >= 0.6 is 0 Å². The molecule has 0 saturated carbocycles. The molecule has 18 heavy (non-hydrogen) atoms. The molecule has 0 fully saturated rings. The van der Waals surface area contributed by atoms with E-state index < -0.39 is 12.8 Å². The average molecular weight is 265 g/mol. The Labute approximate surface area is 104 Å². The summed E-state index contributed by atoms with van der Waals surface area (Å²) < 4.78 is 41.5. The van der Waals surface area contributed by atoms with Gasteiger partial charge in [0.25, 0.3) is 0 Å². The molecule has 0 saturated heterocycles. The number of hydrogen-bond acceptors (Lipinski definition) is 3. The van der Waals surface area contributed by atoms with Crippen LogP contribution in [0.2, 0.25) is 0 Å². The molecule has 0 aromatic carbocycles. The van der Waals surface area contributed by atoms with Crippen LogP contribution in [0.4, 0.5) is 13.2 Å². The van der Waals surface area contributed by atoms with Crippen LogP contribution in [0.3, 0.4) is 0 Å². The number of halogens is 3. The maximum Gasteiger partial charge on any atom is 0.411 e. The fourth-order valence-corrected chi connectivity index (χ4v) is 1.29. The Kier molecular flexibility index (Phi) is 5.61. The Morgan fingerprint density at radius 3 is 2.78 bits per heavy atom. The van der Waals surface area contributed by atoms with Crippen molar-refractivity contribution in [3.8, 4) is 0 Å². The van der Waals surface area contributed by atoms with Gasteiger partial charge in [0.2, 0.25) is 0 Å². The van der Waals surface area contributed by atoms with Gasteiger partial charge in [0.1, 0.15) is 6.61 Å². The molecule has 0 aliphatic heterocycles. The maximum absolute atomic E-state index is 11.8. The van der Waals surface area contributed by atoms with E-state index in [1.807, 2.05) is 13.8 Å². The minimum atomic E-state index is -4.27. The molecule has 0 bridgehead atoms. The third kappa shape index (κ3) is 6.61. The summed E-state index contributed by atoms with van der Waals surface area (Å²) in [4.78, 5) is 0. The number of hydrogen-bond donors (Lipinski definition) is 1. The molecule has 0 aliphatic carbocycles.